The molecule has 116 valence electrons. The smallest absolute Gasteiger partial charge is 0.353 e. The number of halogens is 2. The summed E-state index contributed by atoms with van der Waals surface area (Å²) < 4.78 is 36.9. The van der Waals surface area contributed by atoms with Gasteiger partial charge in [0.15, 0.2) is 6.23 Å². The highest BCUT2D eigenvalue weighted by molar-refractivity contribution is 5.20. The summed E-state index contributed by atoms with van der Waals surface area (Å²) in [6.45, 7) is 1.34. The highest BCUT2D eigenvalue weighted by Crippen LogP contribution is 2.36. The fourth-order valence-electron chi connectivity index (χ4n) is 2.03. The molecule has 1 aliphatic rings. The zero-order valence-electron chi connectivity index (χ0n) is 11.1. The molecule has 0 spiro atoms. The van der Waals surface area contributed by atoms with E-state index >= 15 is 0 Å². The molecule has 3 atom stereocenters. The number of aliphatic hydroxyl groups is 2. The van der Waals surface area contributed by atoms with Crippen molar-refractivity contribution in [2.75, 3.05) is 13.2 Å². The minimum absolute atomic E-state index is 0.0576. The fraction of sp³-hybridized carbons (Fsp3) is 0.500. The van der Waals surface area contributed by atoms with E-state index in [1.807, 2.05) is 0 Å². The molecule has 0 radical (unpaired) electrons. The van der Waals surface area contributed by atoms with Crippen molar-refractivity contribution >= 4 is 0 Å². The van der Waals surface area contributed by atoms with E-state index in [2.05, 4.69) is 4.98 Å². The quantitative estimate of drug-likeness (QED) is 0.816. The highest BCUT2D eigenvalue weighted by atomic mass is 19.3. The van der Waals surface area contributed by atoms with E-state index in [1.165, 1.54) is 12.3 Å². The van der Waals surface area contributed by atoms with Crippen LogP contribution in [0.15, 0.2) is 28.7 Å². The Kier molecular flexibility index (Phi) is 4.66. The molecule has 1 aromatic rings. The summed E-state index contributed by atoms with van der Waals surface area (Å²) in [4.78, 5) is 15.4. The van der Waals surface area contributed by atoms with Gasteiger partial charge in [-0.05, 0) is 6.92 Å². The lowest BCUT2D eigenvalue weighted by Gasteiger charge is -2.15. The third-order valence-electron chi connectivity index (χ3n) is 2.99. The first-order chi connectivity index (χ1) is 9.99. The molecule has 0 aliphatic carbocycles. The summed E-state index contributed by atoms with van der Waals surface area (Å²) in [6, 6.07) is 1.32. The van der Waals surface area contributed by atoms with Gasteiger partial charge in [-0.2, -0.15) is 13.8 Å². The molecule has 9 heteroatoms. The van der Waals surface area contributed by atoms with E-state index < -0.39 is 42.4 Å². The molecule has 2 N–H and O–H groups in total. The summed E-state index contributed by atoms with van der Waals surface area (Å²) in [7, 11) is 0. The van der Waals surface area contributed by atoms with Crippen molar-refractivity contribution in [3.8, 4) is 5.88 Å². The van der Waals surface area contributed by atoms with Crippen LogP contribution in [-0.2, 0) is 4.74 Å². The summed E-state index contributed by atoms with van der Waals surface area (Å²) in [5.74, 6) is 0.0576. The molecule has 21 heavy (non-hydrogen) atoms. The van der Waals surface area contributed by atoms with E-state index in [-0.39, 0.29) is 5.88 Å². The van der Waals surface area contributed by atoms with Gasteiger partial charge in [0.05, 0.1) is 18.8 Å². The molecule has 2 rings (SSSR count). The lowest BCUT2D eigenvalue weighted by atomic mass is 10.1. The number of hydrogen-bond donors (Lipinski definition) is 2. The third kappa shape index (κ3) is 2.94. The molecule has 0 unspecified atom stereocenters. The molecular formula is C12H14F2N2O5. The summed E-state index contributed by atoms with van der Waals surface area (Å²) >= 11 is 0. The zero-order chi connectivity index (χ0) is 15.6. The van der Waals surface area contributed by atoms with Crippen LogP contribution >= 0.6 is 0 Å². The second kappa shape index (κ2) is 6.29. The first-order valence-electron chi connectivity index (χ1n) is 6.21. The maximum atomic E-state index is 13.0. The second-order valence-electron chi connectivity index (χ2n) is 4.26. The Hall–Kier alpha value is -1.84. The van der Waals surface area contributed by atoms with E-state index in [4.69, 9.17) is 14.6 Å². The molecule has 0 bridgehead atoms. The van der Waals surface area contributed by atoms with Gasteiger partial charge in [-0.3, -0.25) is 4.57 Å². The number of rotatable bonds is 4. The fourth-order valence-corrected chi connectivity index (χ4v) is 2.03. The molecule has 1 aromatic heterocycles. The van der Waals surface area contributed by atoms with Gasteiger partial charge in [-0.1, -0.05) is 0 Å². The first kappa shape index (κ1) is 15.5. The summed E-state index contributed by atoms with van der Waals surface area (Å²) in [6.07, 6.45) is -5.42. The third-order valence-corrected chi connectivity index (χ3v) is 2.99. The van der Waals surface area contributed by atoms with Gasteiger partial charge in [0.25, 0.3) is 6.08 Å². The minimum Gasteiger partial charge on any atom is -0.478 e. The maximum absolute atomic E-state index is 13.0. The van der Waals surface area contributed by atoms with Gasteiger partial charge in [0.1, 0.15) is 12.2 Å². The molecule has 0 amide bonds. The Morgan fingerprint density at radius 2 is 2.29 bits per heavy atom. The Bertz CT molecular complexity index is 600. The van der Waals surface area contributed by atoms with Crippen molar-refractivity contribution < 1.29 is 28.5 Å². The van der Waals surface area contributed by atoms with Crippen molar-refractivity contribution in [1.29, 1.82) is 0 Å². The van der Waals surface area contributed by atoms with Crippen LogP contribution in [0.5, 0.6) is 5.88 Å². The van der Waals surface area contributed by atoms with Crippen molar-refractivity contribution in [3.63, 3.8) is 0 Å². The minimum atomic E-state index is -2.16. The van der Waals surface area contributed by atoms with E-state index in [9.17, 15) is 18.7 Å². The SMILES string of the molecule is CCOc1ccn([C@@H]2O[C@H](CO)[C@@H](O)C2=C(F)F)c(=O)n1. The van der Waals surface area contributed by atoms with Crippen LogP contribution < -0.4 is 10.4 Å². The monoisotopic (exact) mass is 304 g/mol. The Labute approximate surface area is 118 Å². The van der Waals surface area contributed by atoms with Gasteiger partial charge in [-0.15, -0.1) is 0 Å². The van der Waals surface area contributed by atoms with Crippen LogP contribution in [0.3, 0.4) is 0 Å². The van der Waals surface area contributed by atoms with Gasteiger partial charge < -0.3 is 19.7 Å². The normalized spacial score (nSPS) is 25.2. The average Bonchev–Trinajstić information content (AvgIpc) is 2.76. The molecule has 1 saturated heterocycles. The van der Waals surface area contributed by atoms with E-state index in [0.29, 0.717) is 6.61 Å². The van der Waals surface area contributed by atoms with E-state index in [0.717, 1.165) is 4.57 Å². The predicted molar refractivity (Wildman–Crippen MR) is 65.9 cm³/mol. The van der Waals surface area contributed by atoms with Crippen LogP contribution in [0.1, 0.15) is 13.2 Å². The Morgan fingerprint density at radius 3 is 2.81 bits per heavy atom. The molecular weight excluding hydrogens is 290 g/mol. The molecule has 2 heterocycles. The highest BCUT2D eigenvalue weighted by Gasteiger charge is 2.43. The maximum Gasteiger partial charge on any atom is 0.353 e. The Balaban J connectivity index is 2.41. The number of ether oxygens (including phenoxy) is 2. The van der Waals surface area contributed by atoms with Crippen molar-refractivity contribution in [3.05, 3.63) is 34.4 Å². The number of aliphatic hydroxyl groups excluding tert-OH is 2. The van der Waals surface area contributed by atoms with Gasteiger partial charge >= 0.3 is 5.69 Å². The van der Waals surface area contributed by atoms with Crippen LogP contribution in [0.2, 0.25) is 0 Å². The number of aromatic nitrogens is 2. The topological polar surface area (TPSA) is 93.8 Å². The Morgan fingerprint density at radius 1 is 1.57 bits per heavy atom. The van der Waals surface area contributed by atoms with E-state index in [1.54, 1.807) is 6.92 Å². The predicted octanol–water partition coefficient (Wildman–Crippen LogP) is 0.0432. The lowest BCUT2D eigenvalue weighted by molar-refractivity contribution is -0.0449. The zero-order valence-corrected chi connectivity index (χ0v) is 11.1. The average molecular weight is 304 g/mol. The number of nitrogens with zero attached hydrogens (tertiary/aromatic N) is 2. The molecule has 0 aromatic carbocycles. The second-order valence-corrected chi connectivity index (χ2v) is 4.26. The van der Waals surface area contributed by atoms with Gasteiger partial charge in [0, 0.05) is 12.3 Å². The molecule has 0 saturated carbocycles. The number of hydrogen-bond acceptors (Lipinski definition) is 6. The molecule has 7 nitrogen and oxygen atoms in total. The standard InChI is InChI=1S/C12H14F2N2O5/c1-2-20-7-3-4-16(12(19)15-7)11-8(10(13)14)9(18)6(5-17)21-11/h3-4,6,9,11,17-18H,2,5H2,1H3/t6-,9-,11-/m1/s1. The van der Waals surface area contributed by atoms with Crippen LogP contribution in [0, 0.1) is 0 Å². The molecule has 1 fully saturated rings. The van der Waals surface area contributed by atoms with Gasteiger partial charge in [0.2, 0.25) is 5.88 Å². The van der Waals surface area contributed by atoms with Crippen molar-refractivity contribution in [2.45, 2.75) is 25.4 Å². The lowest BCUT2D eigenvalue weighted by Crippen LogP contribution is -2.28. The largest absolute Gasteiger partial charge is 0.478 e. The summed E-state index contributed by atoms with van der Waals surface area (Å²) in [5.41, 5.74) is -1.63. The van der Waals surface area contributed by atoms with Crippen molar-refractivity contribution in [1.82, 2.24) is 9.55 Å². The van der Waals surface area contributed by atoms with Gasteiger partial charge in [-0.25, -0.2) is 4.79 Å². The molecule has 1 aliphatic heterocycles. The van der Waals surface area contributed by atoms with Crippen LogP contribution in [-0.4, -0.2) is 45.2 Å². The first-order valence-corrected chi connectivity index (χ1v) is 6.21. The van der Waals surface area contributed by atoms with Crippen LogP contribution in [0.25, 0.3) is 0 Å². The summed E-state index contributed by atoms with van der Waals surface area (Å²) in [5, 5.41) is 18.7. The van der Waals surface area contributed by atoms with Crippen molar-refractivity contribution in [2.24, 2.45) is 0 Å². The van der Waals surface area contributed by atoms with Crippen LogP contribution in [0.4, 0.5) is 8.78 Å².